The second-order valence-corrected chi connectivity index (χ2v) is 5.86. The van der Waals surface area contributed by atoms with Gasteiger partial charge in [0.05, 0.1) is 13.2 Å². The van der Waals surface area contributed by atoms with Crippen molar-refractivity contribution >= 4 is 33.8 Å². The lowest BCUT2D eigenvalue weighted by Gasteiger charge is -2.00. The van der Waals surface area contributed by atoms with E-state index in [0.717, 1.165) is 31.0 Å². The second kappa shape index (κ2) is 19.9. The maximum Gasteiger partial charge on any atom is 0.305 e. The average Bonchev–Trinajstić information content (AvgIpc) is 2.52. The van der Waals surface area contributed by atoms with E-state index in [1.54, 1.807) is 6.92 Å². The molecule has 0 spiro atoms. The van der Waals surface area contributed by atoms with Crippen LogP contribution < -0.4 is 0 Å². The minimum absolute atomic E-state index is 0.0675. The highest BCUT2D eigenvalue weighted by atomic mass is 79.9. The van der Waals surface area contributed by atoms with Gasteiger partial charge in [0.2, 0.25) is 0 Å². The molecule has 0 fully saturated rings. The van der Waals surface area contributed by atoms with E-state index in [1.165, 1.54) is 0 Å². The molecule has 0 heterocycles. The molecule has 0 radical (unpaired) electrons. The first kappa shape index (κ1) is 25.1. The molecule has 142 valence electrons. The zero-order chi connectivity index (χ0) is 18.6. The van der Waals surface area contributed by atoms with Crippen molar-refractivity contribution in [3.05, 3.63) is 0 Å². The van der Waals surface area contributed by atoms with E-state index in [9.17, 15) is 14.4 Å². The molecule has 0 aliphatic rings. The van der Waals surface area contributed by atoms with Crippen LogP contribution in [0.5, 0.6) is 0 Å². The fraction of sp³-hybridized carbons (Fsp3) is 0.824. The van der Waals surface area contributed by atoms with Crippen LogP contribution in [0.2, 0.25) is 0 Å². The Labute approximate surface area is 153 Å². The number of hydrogen-bond donors (Lipinski definition) is 1. The number of esters is 2. The van der Waals surface area contributed by atoms with Crippen LogP contribution in [-0.2, 0) is 23.9 Å². The Morgan fingerprint density at radius 3 is 1.54 bits per heavy atom. The first-order valence-electron chi connectivity index (χ1n) is 8.56. The molecule has 0 saturated heterocycles. The van der Waals surface area contributed by atoms with Crippen molar-refractivity contribution in [3.63, 3.8) is 0 Å². The monoisotopic (exact) mass is 410 g/mol. The topological polar surface area (TPSA) is 89.9 Å². The molecule has 0 aliphatic heterocycles. The van der Waals surface area contributed by atoms with E-state index in [2.05, 4.69) is 15.9 Å². The third-order valence-corrected chi connectivity index (χ3v) is 3.46. The number of carbonyl (C=O) groups excluding carboxylic acids is 2. The Hall–Kier alpha value is -1.11. The van der Waals surface area contributed by atoms with Gasteiger partial charge in [-0.05, 0) is 39.5 Å². The summed E-state index contributed by atoms with van der Waals surface area (Å²) in [6, 6.07) is 0. The molecule has 0 bridgehead atoms. The Morgan fingerprint density at radius 1 is 0.750 bits per heavy atom. The molecule has 0 aromatic rings. The predicted molar refractivity (Wildman–Crippen MR) is 96.2 cm³/mol. The van der Waals surface area contributed by atoms with E-state index in [-0.39, 0.29) is 18.4 Å². The number of carboxylic acid groups (broad SMARTS) is 1. The fourth-order valence-corrected chi connectivity index (χ4v) is 2.13. The maximum absolute atomic E-state index is 10.8. The summed E-state index contributed by atoms with van der Waals surface area (Å²) in [4.78, 5) is 31.7. The molecule has 0 saturated carbocycles. The minimum atomic E-state index is -0.781. The molecule has 0 aromatic heterocycles. The van der Waals surface area contributed by atoms with E-state index >= 15 is 0 Å². The largest absolute Gasteiger partial charge is 0.481 e. The number of alkyl halides is 1. The summed E-state index contributed by atoms with van der Waals surface area (Å²) in [6.45, 7) is 4.50. The first-order valence-corrected chi connectivity index (χ1v) is 9.69. The van der Waals surface area contributed by atoms with Crippen LogP contribution in [0.1, 0.15) is 71.6 Å². The standard InChI is InChI=1S/C9H16O4.C8H15BrO2/c1-2-13-9(12)7-5-3-4-6-8(10)11;1-2-11-8(10)6-4-3-5-7-9/h2-7H2,1H3,(H,10,11);2-7H2,1H3. The number of rotatable bonds is 13. The van der Waals surface area contributed by atoms with Crippen molar-refractivity contribution in [2.45, 2.75) is 71.6 Å². The van der Waals surface area contributed by atoms with Crippen molar-refractivity contribution in [1.29, 1.82) is 0 Å². The molecule has 0 unspecified atom stereocenters. The number of carbonyl (C=O) groups is 3. The zero-order valence-corrected chi connectivity index (χ0v) is 16.4. The molecule has 0 aromatic carbocycles. The molecular weight excluding hydrogens is 380 g/mol. The Morgan fingerprint density at radius 2 is 1.17 bits per heavy atom. The molecule has 0 amide bonds. The van der Waals surface area contributed by atoms with E-state index in [0.29, 0.717) is 38.9 Å². The van der Waals surface area contributed by atoms with E-state index in [1.807, 2.05) is 6.92 Å². The number of unbranched alkanes of at least 4 members (excludes halogenated alkanes) is 4. The summed E-state index contributed by atoms with van der Waals surface area (Å²) in [5.74, 6) is -1.05. The third-order valence-electron chi connectivity index (χ3n) is 2.90. The Kier molecular flexibility index (Phi) is 20.9. The number of ether oxygens (including phenoxy) is 2. The van der Waals surface area contributed by atoms with E-state index in [4.69, 9.17) is 14.6 Å². The number of carboxylic acids is 1. The minimum Gasteiger partial charge on any atom is -0.481 e. The highest BCUT2D eigenvalue weighted by Crippen LogP contribution is 2.04. The maximum atomic E-state index is 10.8. The van der Waals surface area contributed by atoms with Gasteiger partial charge < -0.3 is 14.6 Å². The summed E-state index contributed by atoms with van der Waals surface area (Å²) in [5.41, 5.74) is 0. The summed E-state index contributed by atoms with van der Waals surface area (Å²) >= 11 is 3.33. The van der Waals surface area contributed by atoms with Gasteiger partial charge in [-0.3, -0.25) is 14.4 Å². The third kappa shape index (κ3) is 23.2. The van der Waals surface area contributed by atoms with Crippen LogP contribution in [0.15, 0.2) is 0 Å². The number of aliphatic carboxylic acids is 1. The van der Waals surface area contributed by atoms with Crippen LogP contribution in [-0.4, -0.2) is 41.6 Å². The molecule has 24 heavy (non-hydrogen) atoms. The van der Waals surface area contributed by atoms with Crippen molar-refractivity contribution < 1.29 is 29.0 Å². The lowest BCUT2D eigenvalue weighted by Crippen LogP contribution is -2.03. The van der Waals surface area contributed by atoms with Crippen molar-refractivity contribution in [2.75, 3.05) is 18.5 Å². The molecule has 0 rings (SSSR count). The molecule has 0 atom stereocenters. The highest BCUT2D eigenvalue weighted by Gasteiger charge is 2.02. The van der Waals surface area contributed by atoms with Gasteiger partial charge in [0.25, 0.3) is 0 Å². The number of halogens is 1. The van der Waals surface area contributed by atoms with Crippen LogP contribution >= 0.6 is 15.9 Å². The molecule has 7 heteroatoms. The molecule has 1 N–H and O–H groups in total. The van der Waals surface area contributed by atoms with Crippen LogP contribution in [0.3, 0.4) is 0 Å². The van der Waals surface area contributed by atoms with Crippen molar-refractivity contribution in [1.82, 2.24) is 0 Å². The highest BCUT2D eigenvalue weighted by molar-refractivity contribution is 9.09. The van der Waals surface area contributed by atoms with Gasteiger partial charge in [0.15, 0.2) is 0 Å². The molecule has 0 aliphatic carbocycles. The summed E-state index contributed by atoms with van der Waals surface area (Å²) < 4.78 is 9.49. The zero-order valence-electron chi connectivity index (χ0n) is 14.9. The normalized spacial score (nSPS) is 9.62. The first-order chi connectivity index (χ1) is 11.5. The SMILES string of the molecule is CCOC(=O)CCCCCBr.CCOC(=O)CCCCCC(=O)O. The van der Waals surface area contributed by atoms with Gasteiger partial charge >= 0.3 is 17.9 Å². The predicted octanol–water partition coefficient (Wildman–Crippen LogP) is 4.09. The summed E-state index contributed by atoms with van der Waals surface area (Å²) in [6.07, 6.45) is 6.46. The van der Waals surface area contributed by atoms with Gasteiger partial charge in [0, 0.05) is 24.6 Å². The lowest BCUT2D eigenvalue weighted by atomic mass is 10.1. The van der Waals surface area contributed by atoms with Gasteiger partial charge in [0.1, 0.15) is 0 Å². The van der Waals surface area contributed by atoms with Crippen LogP contribution in [0.25, 0.3) is 0 Å². The average molecular weight is 411 g/mol. The van der Waals surface area contributed by atoms with Gasteiger partial charge in [-0.25, -0.2) is 0 Å². The number of hydrogen-bond acceptors (Lipinski definition) is 5. The van der Waals surface area contributed by atoms with Gasteiger partial charge in [-0.15, -0.1) is 0 Å². The molecular formula is C17H31BrO6. The van der Waals surface area contributed by atoms with Crippen LogP contribution in [0.4, 0.5) is 0 Å². The lowest BCUT2D eigenvalue weighted by molar-refractivity contribution is -0.144. The Bertz CT molecular complexity index is 333. The second-order valence-electron chi connectivity index (χ2n) is 5.06. The summed E-state index contributed by atoms with van der Waals surface area (Å²) in [7, 11) is 0. The summed E-state index contributed by atoms with van der Waals surface area (Å²) in [5, 5.41) is 9.34. The molecule has 6 nitrogen and oxygen atoms in total. The van der Waals surface area contributed by atoms with Gasteiger partial charge in [-0.2, -0.15) is 0 Å². The fourth-order valence-electron chi connectivity index (χ4n) is 1.73. The van der Waals surface area contributed by atoms with Crippen molar-refractivity contribution in [3.8, 4) is 0 Å². The van der Waals surface area contributed by atoms with Gasteiger partial charge in [-0.1, -0.05) is 28.8 Å². The van der Waals surface area contributed by atoms with Crippen LogP contribution in [0, 0.1) is 0 Å². The Balaban J connectivity index is 0. The quantitative estimate of drug-likeness (QED) is 0.279. The smallest absolute Gasteiger partial charge is 0.305 e. The van der Waals surface area contributed by atoms with Crippen molar-refractivity contribution in [2.24, 2.45) is 0 Å². The van der Waals surface area contributed by atoms with E-state index < -0.39 is 5.97 Å².